The Morgan fingerprint density at radius 2 is 2.54 bits per heavy atom. The van der Waals surface area contributed by atoms with E-state index in [-0.39, 0.29) is 0 Å². The first-order valence-corrected chi connectivity index (χ1v) is 3.76. The summed E-state index contributed by atoms with van der Waals surface area (Å²) in [6, 6.07) is 0. The van der Waals surface area contributed by atoms with Crippen LogP contribution in [0, 0.1) is 0 Å². The van der Waals surface area contributed by atoms with Crippen molar-refractivity contribution in [1.82, 2.24) is 25.1 Å². The number of aromatic nitrogens is 5. The van der Waals surface area contributed by atoms with Crippen LogP contribution in [0.5, 0.6) is 0 Å². The van der Waals surface area contributed by atoms with Crippen LogP contribution in [-0.4, -0.2) is 25.1 Å². The third-order valence-electron chi connectivity index (χ3n) is 1.55. The minimum atomic E-state index is -0.596. The van der Waals surface area contributed by atoms with E-state index in [0.29, 0.717) is 11.5 Å². The van der Waals surface area contributed by atoms with Crippen LogP contribution in [0.3, 0.4) is 0 Å². The second kappa shape index (κ2) is 2.85. The van der Waals surface area contributed by atoms with E-state index in [1.807, 2.05) is 6.92 Å². The summed E-state index contributed by atoms with van der Waals surface area (Å²) in [6.45, 7) is 2.65. The summed E-state index contributed by atoms with van der Waals surface area (Å²) in [5, 5.41) is 11.0. The molecule has 0 aromatic carbocycles. The molecule has 0 spiro atoms. The Bertz CT molecular complexity index is 453. The summed E-state index contributed by atoms with van der Waals surface area (Å²) in [5.41, 5.74) is 0.493. The highest BCUT2D eigenvalue weighted by molar-refractivity contribution is 5.44. The fourth-order valence-corrected chi connectivity index (χ4v) is 0.902. The van der Waals surface area contributed by atoms with E-state index in [4.69, 9.17) is 0 Å². The van der Waals surface area contributed by atoms with Gasteiger partial charge in [0.05, 0.1) is 6.20 Å². The Labute approximate surface area is 72.4 Å². The molecule has 2 aromatic rings. The minimum absolute atomic E-state index is 0.296. The van der Waals surface area contributed by atoms with Crippen molar-refractivity contribution < 1.29 is 4.52 Å². The van der Waals surface area contributed by atoms with Gasteiger partial charge in [-0.25, -0.2) is 4.79 Å². The van der Waals surface area contributed by atoms with Crippen LogP contribution in [0.15, 0.2) is 15.5 Å². The van der Waals surface area contributed by atoms with Gasteiger partial charge in [-0.3, -0.25) is 14.2 Å². The lowest BCUT2D eigenvalue weighted by molar-refractivity contribution is 0.387. The monoisotopic (exact) mass is 181 g/mol. The summed E-state index contributed by atoms with van der Waals surface area (Å²) in [7, 11) is 0. The van der Waals surface area contributed by atoms with Crippen LogP contribution in [0.1, 0.15) is 6.92 Å². The largest absolute Gasteiger partial charge is 0.439 e. The van der Waals surface area contributed by atoms with Crippen molar-refractivity contribution in [2.45, 2.75) is 13.5 Å². The molecule has 2 aromatic heterocycles. The molecule has 0 aliphatic heterocycles. The van der Waals surface area contributed by atoms with Gasteiger partial charge < -0.3 is 0 Å². The third-order valence-corrected chi connectivity index (χ3v) is 1.55. The van der Waals surface area contributed by atoms with Crippen molar-refractivity contribution >= 4 is 0 Å². The molecule has 7 nitrogen and oxygen atoms in total. The quantitative estimate of drug-likeness (QED) is 0.683. The maximum Gasteiger partial charge on any atom is 0.439 e. The Morgan fingerprint density at radius 3 is 3.08 bits per heavy atom. The van der Waals surface area contributed by atoms with E-state index in [1.165, 1.54) is 0 Å². The van der Waals surface area contributed by atoms with Crippen molar-refractivity contribution in [2.24, 2.45) is 0 Å². The van der Waals surface area contributed by atoms with Crippen molar-refractivity contribution in [2.75, 3.05) is 0 Å². The molecule has 0 bridgehead atoms. The maximum atomic E-state index is 10.6. The topological polar surface area (TPSA) is 89.6 Å². The highest BCUT2D eigenvalue weighted by atomic mass is 16.5. The molecule has 2 rings (SSSR count). The summed E-state index contributed by atoms with van der Waals surface area (Å²) < 4.78 is 5.95. The van der Waals surface area contributed by atoms with E-state index < -0.39 is 5.76 Å². The van der Waals surface area contributed by atoms with E-state index in [2.05, 4.69) is 25.0 Å². The first-order valence-electron chi connectivity index (χ1n) is 3.76. The summed E-state index contributed by atoms with van der Waals surface area (Å²) in [5.74, 6) is -0.300. The van der Waals surface area contributed by atoms with Crippen molar-refractivity contribution in [3.05, 3.63) is 16.7 Å². The average Bonchev–Trinajstić information content (AvgIpc) is 2.71. The fourth-order valence-electron chi connectivity index (χ4n) is 0.902. The van der Waals surface area contributed by atoms with E-state index in [0.717, 1.165) is 6.54 Å². The predicted molar refractivity (Wildman–Crippen MR) is 41.8 cm³/mol. The van der Waals surface area contributed by atoms with E-state index >= 15 is 0 Å². The molecular weight excluding hydrogens is 174 g/mol. The van der Waals surface area contributed by atoms with Gasteiger partial charge in [-0.1, -0.05) is 10.4 Å². The Kier molecular flexibility index (Phi) is 1.69. The summed E-state index contributed by atoms with van der Waals surface area (Å²) >= 11 is 0. The van der Waals surface area contributed by atoms with Crippen LogP contribution in [-0.2, 0) is 6.54 Å². The first kappa shape index (κ1) is 7.71. The van der Waals surface area contributed by atoms with Gasteiger partial charge in [0.25, 0.3) is 0 Å². The number of nitrogens with one attached hydrogen (secondary N) is 1. The molecule has 0 unspecified atom stereocenters. The van der Waals surface area contributed by atoms with Gasteiger partial charge in [-0.15, -0.1) is 5.10 Å². The van der Waals surface area contributed by atoms with Crippen LogP contribution >= 0.6 is 0 Å². The molecule has 7 heteroatoms. The highest BCUT2D eigenvalue weighted by Crippen LogP contribution is 2.06. The third kappa shape index (κ3) is 1.35. The lowest BCUT2D eigenvalue weighted by atomic mass is 10.4. The van der Waals surface area contributed by atoms with Crippen molar-refractivity contribution in [3.63, 3.8) is 0 Å². The maximum absolute atomic E-state index is 10.6. The van der Waals surface area contributed by atoms with Crippen molar-refractivity contribution in [1.29, 1.82) is 0 Å². The second-order valence-electron chi connectivity index (χ2n) is 2.40. The van der Waals surface area contributed by atoms with Gasteiger partial charge in [0.15, 0.2) is 5.69 Å². The van der Waals surface area contributed by atoms with Gasteiger partial charge in [0, 0.05) is 6.54 Å². The molecule has 0 saturated heterocycles. The molecular formula is C6H7N5O2. The lowest BCUT2D eigenvalue weighted by Crippen LogP contribution is -1.94. The number of aromatic amines is 1. The molecule has 0 aliphatic carbocycles. The molecule has 68 valence electrons. The SMILES string of the molecule is CCn1cc(-c2noc(=O)[nH]2)nn1. The normalized spacial score (nSPS) is 10.5. The van der Waals surface area contributed by atoms with Gasteiger partial charge in [0.1, 0.15) is 0 Å². The molecule has 0 radical (unpaired) electrons. The summed E-state index contributed by atoms with van der Waals surface area (Å²) in [4.78, 5) is 13.0. The van der Waals surface area contributed by atoms with Crippen LogP contribution in [0.4, 0.5) is 0 Å². The zero-order valence-corrected chi connectivity index (χ0v) is 6.89. The standard InChI is InChI=1S/C6H7N5O2/c1-2-11-3-4(8-10-11)5-7-6(12)13-9-5/h3H,2H2,1H3,(H,7,9,12). The van der Waals surface area contributed by atoms with Crippen LogP contribution < -0.4 is 5.76 Å². The van der Waals surface area contributed by atoms with E-state index in [9.17, 15) is 4.79 Å². The van der Waals surface area contributed by atoms with Gasteiger partial charge in [-0.2, -0.15) is 0 Å². The first-order chi connectivity index (χ1) is 6.29. The smallest absolute Gasteiger partial charge is 0.296 e. The number of hydrogen-bond donors (Lipinski definition) is 1. The zero-order chi connectivity index (χ0) is 9.26. The molecule has 0 saturated carbocycles. The van der Waals surface area contributed by atoms with Crippen LogP contribution in [0.25, 0.3) is 11.5 Å². The highest BCUT2D eigenvalue weighted by Gasteiger charge is 2.07. The number of H-pyrrole nitrogens is 1. The number of nitrogens with zero attached hydrogens (tertiary/aromatic N) is 4. The Hall–Kier alpha value is -1.92. The predicted octanol–water partition coefficient (Wildman–Crippen LogP) is -0.359. The molecule has 0 aliphatic rings. The zero-order valence-electron chi connectivity index (χ0n) is 6.89. The van der Waals surface area contributed by atoms with Crippen molar-refractivity contribution in [3.8, 4) is 11.5 Å². The fraction of sp³-hybridized carbons (Fsp3) is 0.333. The number of hydrogen-bond acceptors (Lipinski definition) is 5. The molecule has 0 fully saturated rings. The molecule has 0 amide bonds. The van der Waals surface area contributed by atoms with E-state index in [1.54, 1.807) is 10.9 Å². The molecule has 2 heterocycles. The Morgan fingerprint density at radius 1 is 1.69 bits per heavy atom. The van der Waals surface area contributed by atoms with Crippen LogP contribution in [0.2, 0.25) is 0 Å². The number of rotatable bonds is 2. The second-order valence-corrected chi connectivity index (χ2v) is 2.40. The number of aryl methyl sites for hydroxylation is 1. The molecule has 0 atom stereocenters. The molecule has 13 heavy (non-hydrogen) atoms. The summed E-state index contributed by atoms with van der Waals surface area (Å²) in [6.07, 6.45) is 1.67. The van der Waals surface area contributed by atoms with Gasteiger partial charge in [-0.05, 0) is 6.92 Å². The minimum Gasteiger partial charge on any atom is -0.296 e. The van der Waals surface area contributed by atoms with Gasteiger partial charge in [0.2, 0.25) is 5.82 Å². The average molecular weight is 181 g/mol. The van der Waals surface area contributed by atoms with Gasteiger partial charge >= 0.3 is 5.76 Å². The molecule has 1 N–H and O–H groups in total. The lowest BCUT2D eigenvalue weighted by Gasteiger charge is -1.86. The Balaban J connectivity index is 2.40.